The van der Waals surface area contributed by atoms with Gasteiger partial charge in [0.2, 0.25) is 0 Å². The highest BCUT2D eigenvalue weighted by molar-refractivity contribution is 9.18. The minimum atomic E-state index is -0.300. The molecule has 0 saturated carbocycles. The number of hydrogen-bond acceptors (Lipinski definition) is 2. The molecular formula is C9H8BrCl2NO2. The number of amides is 1. The van der Waals surface area contributed by atoms with Crippen LogP contribution in [-0.2, 0) is 0 Å². The van der Waals surface area contributed by atoms with Crippen molar-refractivity contribution in [1.29, 1.82) is 0 Å². The SMILES string of the molecule is COc1ccc(N(C)C(=O)Br)c(Cl)c1Cl. The van der Waals surface area contributed by atoms with Crippen LogP contribution in [0.5, 0.6) is 5.75 Å². The molecule has 1 amide bonds. The number of carbonyl (C=O) groups excluding carboxylic acids is 1. The van der Waals surface area contributed by atoms with Crippen molar-refractivity contribution in [3.63, 3.8) is 0 Å². The van der Waals surface area contributed by atoms with E-state index in [2.05, 4.69) is 15.9 Å². The molecular weight excluding hydrogens is 305 g/mol. The minimum absolute atomic E-state index is 0.284. The van der Waals surface area contributed by atoms with Crippen LogP contribution >= 0.6 is 39.1 Å². The molecule has 0 aliphatic rings. The molecule has 3 nitrogen and oxygen atoms in total. The fourth-order valence-corrected chi connectivity index (χ4v) is 1.74. The second kappa shape index (κ2) is 5.05. The number of halogens is 3. The summed E-state index contributed by atoms with van der Waals surface area (Å²) >= 11 is 14.8. The Labute approximate surface area is 106 Å². The van der Waals surface area contributed by atoms with Crippen molar-refractivity contribution in [2.24, 2.45) is 0 Å². The largest absolute Gasteiger partial charge is 0.495 e. The van der Waals surface area contributed by atoms with Crippen LogP contribution in [0.4, 0.5) is 10.5 Å². The van der Waals surface area contributed by atoms with Gasteiger partial charge in [0.1, 0.15) is 10.8 Å². The zero-order valence-corrected chi connectivity index (χ0v) is 11.2. The lowest BCUT2D eigenvalue weighted by Gasteiger charge is -2.17. The van der Waals surface area contributed by atoms with Gasteiger partial charge in [-0.1, -0.05) is 23.2 Å². The van der Waals surface area contributed by atoms with E-state index in [0.717, 1.165) is 0 Å². The van der Waals surface area contributed by atoms with E-state index in [1.165, 1.54) is 12.0 Å². The number of anilines is 1. The van der Waals surface area contributed by atoms with E-state index < -0.39 is 0 Å². The molecule has 0 aromatic heterocycles. The van der Waals surface area contributed by atoms with E-state index in [9.17, 15) is 4.79 Å². The summed E-state index contributed by atoms with van der Waals surface area (Å²) in [4.78, 5) is 12.1. The van der Waals surface area contributed by atoms with Gasteiger partial charge in [-0.3, -0.25) is 4.79 Å². The molecule has 82 valence electrons. The van der Waals surface area contributed by atoms with Crippen LogP contribution in [-0.4, -0.2) is 19.0 Å². The lowest BCUT2D eigenvalue weighted by molar-refractivity contribution is 0.267. The maximum Gasteiger partial charge on any atom is 0.293 e. The maximum atomic E-state index is 11.1. The first-order valence-corrected chi connectivity index (χ1v) is 5.49. The van der Waals surface area contributed by atoms with Crippen molar-refractivity contribution < 1.29 is 9.53 Å². The Morgan fingerprint density at radius 3 is 2.47 bits per heavy atom. The first kappa shape index (κ1) is 12.6. The molecule has 0 atom stereocenters. The Morgan fingerprint density at radius 2 is 2.00 bits per heavy atom. The summed E-state index contributed by atoms with van der Waals surface area (Å²) in [5.41, 5.74) is 0.518. The van der Waals surface area contributed by atoms with Crippen molar-refractivity contribution in [2.45, 2.75) is 0 Å². The molecule has 0 unspecified atom stereocenters. The molecule has 1 aromatic rings. The topological polar surface area (TPSA) is 29.5 Å². The van der Waals surface area contributed by atoms with E-state index in [1.54, 1.807) is 19.2 Å². The van der Waals surface area contributed by atoms with E-state index in [0.29, 0.717) is 11.4 Å². The van der Waals surface area contributed by atoms with Gasteiger partial charge in [-0.05, 0) is 12.1 Å². The molecule has 1 rings (SSSR count). The molecule has 0 saturated heterocycles. The van der Waals surface area contributed by atoms with E-state index in [4.69, 9.17) is 27.9 Å². The molecule has 15 heavy (non-hydrogen) atoms. The van der Waals surface area contributed by atoms with Crippen LogP contribution in [0.15, 0.2) is 12.1 Å². The average molecular weight is 313 g/mol. The quantitative estimate of drug-likeness (QED) is 0.611. The minimum Gasteiger partial charge on any atom is -0.495 e. The van der Waals surface area contributed by atoms with Crippen LogP contribution in [0.1, 0.15) is 0 Å². The Hall–Kier alpha value is -0.450. The van der Waals surface area contributed by atoms with Crippen molar-refractivity contribution in [3.05, 3.63) is 22.2 Å². The van der Waals surface area contributed by atoms with Crippen LogP contribution in [0.25, 0.3) is 0 Å². The molecule has 0 bridgehead atoms. The molecule has 0 spiro atoms. The van der Waals surface area contributed by atoms with Gasteiger partial charge in [0, 0.05) is 23.0 Å². The second-order valence-electron chi connectivity index (χ2n) is 2.73. The highest BCUT2D eigenvalue weighted by atomic mass is 79.9. The van der Waals surface area contributed by atoms with Gasteiger partial charge >= 0.3 is 0 Å². The Bertz CT molecular complexity index is 398. The summed E-state index contributed by atoms with van der Waals surface area (Å²) < 4.78 is 4.99. The maximum absolute atomic E-state index is 11.1. The third-order valence-electron chi connectivity index (χ3n) is 1.87. The van der Waals surface area contributed by atoms with Crippen LogP contribution in [0, 0.1) is 0 Å². The predicted octanol–water partition coefficient (Wildman–Crippen LogP) is 3.95. The highest BCUT2D eigenvalue weighted by Gasteiger charge is 2.16. The zero-order valence-electron chi connectivity index (χ0n) is 8.05. The molecule has 1 aromatic carbocycles. The summed E-state index contributed by atoms with van der Waals surface area (Å²) in [6.07, 6.45) is 0. The van der Waals surface area contributed by atoms with Gasteiger partial charge in [0.25, 0.3) is 4.82 Å². The Balaban J connectivity index is 3.23. The van der Waals surface area contributed by atoms with Gasteiger partial charge in [-0.15, -0.1) is 0 Å². The molecule has 0 aliphatic heterocycles. The smallest absolute Gasteiger partial charge is 0.293 e. The number of methoxy groups -OCH3 is 1. The molecule has 0 fully saturated rings. The van der Waals surface area contributed by atoms with E-state index >= 15 is 0 Å². The summed E-state index contributed by atoms with van der Waals surface area (Å²) in [5.74, 6) is 0.473. The Morgan fingerprint density at radius 1 is 1.40 bits per heavy atom. The standard InChI is InChI=1S/C9H8BrCl2NO2/c1-13(9(10)14)5-3-4-6(15-2)8(12)7(5)11/h3-4H,1-2H3. The molecule has 0 heterocycles. The first-order chi connectivity index (χ1) is 6.99. The monoisotopic (exact) mass is 311 g/mol. The van der Waals surface area contributed by atoms with Crippen molar-refractivity contribution >= 4 is 49.6 Å². The highest BCUT2D eigenvalue weighted by Crippen LogP contribution is 2.38. The Kier molecular flexibility index (Phi) is 4.25. The second-order valence-corrected chi connectivity index (χ2v) is 4.16. The number of ether oxygens (including phenoxy) is 1. The first-order valence-electron chi connectivity index (χ1n) is 3.94. The van der Waals surface area contributed by atoms with E-state index in [1.807, 2.05) is 0 Å². The number of carbonyl (C=O) groups is 1. The number of nitrogens with zero attached hydrogens (tertiary/aromatic N) is 1. The average Bonchev–Trinajstić information content (AvgIpc) is 2.21. The fourth-order valence-electron chi connectivity index (χ4n) is 1.03. The van der Waals surface area contributed by atoms with Gasteiger partial charge in [-0.2, -0.15) is 0 Å². The lowest BCUT2D eigenvalue weighted by atomic mass is 10.3. The van der Waals surface area contributed by atoms with Gasteiger partial charge < -0.3 is 9.64 Å². The van der Waals surface area contributed by atoms with Gasteiger partial charge in [0.15, 0.2) is 0 Å². The normalized spacial score (nSPS) is 9.93. The molecule has 6 heteroatoms. The summed E-state index contributed by atoms with van der Waals surface area (Å²) in [6.45, 7) is 0. The molecule has 0 aliphatic carbocycles. The van der Waals surface area contributed by atoms with Crippen molar-refractivity contribution in [3.8, 4) is 5.75 Å². The van der Waals surface area contributed by atoms with E-state index in [-0.39, 0.29) is 14.9 Å². The predicted molar refractivity (Wildman–Crippen MR) is 65.7 cm³/mol. The molecule has 0 radical (unpaired) electrons. The van der Waals surface area contributed by atoms with Crippen LogP contribution < -0.4 is 9.64 Å². The zero-order chi connectivity index (χ0) is 11.6. The van der Waals surface area contributed by atoms with Crippen molar-refractivity contribution in [1.82, 2.24) is 0 Å². The number of hydrogen-bond donors (Lipinski definition) is 0. The summed E-state index contributed by atoms with van der Waals surface area (Å²) in [5, 5.41) is 0.573. The van der Waals surface area contributed by atoms with Crippen molar-refractivity contribution in [2.75, 3.05) is 19.1 Å². The van der Waals surface area contributed by atoms with Gasteiger partial charge in [0.05, 0.1) is 17.8 Å². The third-order valence-corrected chi connectivity index (χ3v) is 3.26. The fraction of sp³-hybridized carbons (Fsp3) is 0.222. The number of benzene rings is 1. The van der Waals surface area contributed by atoms with Crippen LogP contribution in [0.3, 0.4) is 0 Å². The third kappa shape index (κ3) is 2.56. The summed E-state index contributed by atoms with van der Waals surface area (Å²) in [7, 11) is 3.08. The number of rotatable bonds is 2. The molecule has 0 N–H and O–H groups in total. The van der Waals surface area contributed by atoms with Gasteiger partial charge in [-0.25, -0.2) is 0 Å². The summed E-state index contributed by atoms with van der Waals surface area (Å²) in [6, 6.07) is 3.31. The lowest BCUT2D eigenvalue weighted by Crippen LogP contribution is -2.19. The van der Waals surface area contributed by atoms with Crippen LogP contribution in [0.2, 0.25) is 10.0 Å².